The molecule has 0 radical (unpaired) electrons. The van der Waals surface area contributed by atoms with Crippen molar-refractivity contribution in [2.75, 3.05) is 34.9 Å². The minimum Gasteiger partial charge on any atom is -0.363 e. The van der Waals surface area contributed by atoms with Gasteiger partial charge < -0.3 is 20.9 Å². The van der Waals surface area contributed by atoms with Gasteiger partial charge >= 0.3 is 6.03 Å². The average Bonchev–Trinajstić information content (AvgIpc) is 2.63. The summed E-state index contributed by atoms with van der Waals surface area (Å²) in [6.07, 6.45) is 0. The number of nitrogens with one attached hydrogen (secondary N) is 3. The predicted octanol–water partition coefficient (Wildman–Crippen LogP) is 4.24. The number of hydrogen-bond acceptors (Lipinski definition) is 5. The largest absolute Gasteiger partial charge is 0.363 e. The zero-order valence-electron chi connectivity index (χ0n) is 15.5. The van der Waals surface area contributed by atoms with Crippen molar-refractivity contribution in [1.29, 1.82) is 0 Å². The lowest BCUT2D eigenvalue weighted by Gasteiger charge is -2.14. The second-order valence-electron chi connectivity index (χ2n) is 6.23. The highest BCUT2D eigenvalue weighted by molar-refractivity contribution is 5.99. The van der Waals surface area contributed by atoms with E-state index < -0.39 is 0 Å². The normalized spacial score (nSPS) is 10.2. The van der Waals surface area contributed by atoms with Gasteiger partial charge in [-0.2, -0.15) is 4.98 Å². The maximum atomic E-state index is 12.0. The van der Waals surface area contributed by atoms with Gasteiger partial charge in [-0.25, -0.2) is 9.78 Å². The molecular formula is C20H22N6O. The van der Waals surface area contributed by atoms with Crippen molar-refractivity contribution in [2.24, 2.45) is 0 Å². The van der Waals surface area contributed by atoms with Gasteiger partial charge in [0.15, 0.2) is 0 Å². The van der Waals surface area contributed by atoms with E-state index in [0.717, 1.165) is 22.9 Å². The Morgan fingerprint density at radius 3 is 2.07 bits per heavy atom. The van der Waals surface area contributed by atoms with Crippen molar-refractivity contribution in [1.82, 2.24) is 9.97 Å². The molecule has 0 bridgehead atoms. The summed E-state index contributed by atoms with van der Waals surface area (Å²) in [5.74, 6) is 1.36. The lowest BCUT2D eigenvalue weighted by Crippen LogP contribution is -2.19. The lowest BCUT2D eigenvalue weighted by molar-refractivity contribution is 0.262. The molecule has 0 aliphatic carbocycles. The Morgan fingerprint density at radius 2 is 1.44 bits per heavy atom. The molecule has 1 aromatic heterocycles. The van der Waals surface area contributed by atoms with Crippen LogP contribution in [-0.4, -0.2) is 30.1 Å². The van der Waals surface area contributed by atoms with Crippen molar-refractivity contribution in [3.8, 4) is 0 Å². The van der Waals surface area contributed by atoms with E-state index in [1.165, 1.54) is 0 Å². The summed E-state index contributed by atoms with van der Waals surface area (Å²) < 4.78 is 0. The summed E-state index contributed by atoms with van der Waals surface area (Å²) in [5.41, 5.74) is 3.14. The van der Waals surface area contributed by atoms with E-state index in [2.05, 4.69) is 25.9 Å². The molecule has 0 aliphatic rings. The van der Waals surface area contributed by atoms with Gasteiger partial charge in [-0.3, -0.25) is 0 Å². The number of benzene rings is 2. The number of aryl methyl sites for hydroxylation is 1. The Morgan fingerprint density at radius 1 is 0.852 bits per heavy atom. The summed E-state index contributed by atoms with van der Waals surface area (Å²) in [6.45, 7) is 1.93. The number of hydrogen-bond donors (Lipinski definition) is 3. The first-order valence-corrected chi connectivity index (χ1v) is 8.53. The standard InChI is InChI=1S/C20H22N6O/c1-14-13-18(26(2)3)25-19(21-14)22-16-9-11-17(12-10-16)24-20(27)23-15-7-5-4-6-8-15/h4-13H,1-3H3,(H,21,22,25)(H2,23,24,27). The second kappa shape index (κ2) is 8.18. The quantitative estimate of drug-likeness (QED) is 0.632. The Balaban J connectivity index is 1.63. The van der Waals surface area contributed by atoms with E-state index in [0.29, 0.717) is 11.6 Å². The third-order valence-corrected chi connectivity index (χ3v) is 3.73. The molecule has 3 aromatic rings. The van der Waals surface area contributed by atoms with Crippen LogP contribution in [0.1, 0.15) is 5.69 Å². The smallest absolute Gasteiger partial charge is 0.323 e. The molecule has 2 amide bonds. The zero-order valence-corrected chi connectivity index (χ0v) is 15.5. The van der Waals surface area contributed by atoms with Crippen LogP contribution in [0.2, 0.25) is 0 Å². The fraction of sp³-hybridized carbons (Fsp3) is 0.150. The van der Waals surface area contributed by atoms with E-state index in [1.54, 1.807) is 0 Å². The highest BCUT2D eigenvalue weighted by Gasteiger charge is 2.06. The van der Waals surface area contributed by atoms with E-state index in [9.17, 15) is 4.79 Å². The number of amides is 2. The van der Waals surface area contributed by atoms with Crippen LogP contribution < -0.4 is 20.9 Å². The van der Waals surface area contributed by atoms with Gasteiger partial charge in [0.25, 0.3) is 0 Å². The molecule has 0 fully saturated rings. The van der Waals surface area contributed by atoms with Crippen LogP contribution in [0, 0.1) is 6.92 Å². The van der Waals surface area contributed by atoms with E-state index in [-0.39, 0.29) is 6.03 Å². The molecule has 3 N–H and O–H groups in total. The van der Waals surface area contributed by atoms with Crippen LogP contribution in [0.4, 0.5) is 33.6 Å². The van der Waals surface area contributed by atoms with Crippen molar-refractivity contribution in [3.05, 3.63) is 66.4 Å². The zero-order chi connectivity index (χ0) is 19.2. The van der Waals surface area contributed by atoms with Crippen LogP contribution >= 0.6 is 0 Å². The Bertz CT molecular complexity index is 910. The van der Waals surface area contributed by atoms with Crippen molar-refractivity contribution in [3.63, 3.8) is 0 Å². The Labute approximate surface area is 158 Å². The summed E-state index contributed by atoms with van der Waals surface area (Å²) in [7, 11) is 3.87. The lowest BCUT2D eigenvalue weighted by atomic mass is 10.3. The van der Waals surface area contributed by atoms with Crippen molar-refractivity contribution < 1.29 is 4.79 Å². The Hall–Kier alpha value is -3.61. The van der Waals surface area contributed by atoms with E-state index in [4.69, 9.17) is 0 Å². The molecule has 1 heterocycles. The first-order chi connectivity index (χ1) is 13.0. The van der Waals surface area contributed by atoms with Gasteiger partial charge in [-0.15, -0.1) is 0 Å². The number of carbonyl (C=O) groups is 1. The SMILES string of the molecule is Cc1cc(N(C)C)nc(Nc2ccc(NC(=O)Nc3ccccc3)cc2)n1. The van der Waals surface area contributed by atoms with Crippen molar-refractivity contribution >= 4 is 34.9 Å². The maximum absolute atomic E-state index is 12.0. The van der Waals surface area contributed by atoms with Gasteiger partial charge in [0.2, 0.25) is 5.95 Å². The van der Waals surface area contributed by atoms with Crippen LogP contribution in [-0.2, 0) is 0 Å². The van der Waals surface area contributed by atoms with E-state index >= 15 is 0 Å². The van der Waals surface area contributed by atoms with E-state index in [1.807, 2.05) is 86.6 Å². The molecule has 0 saturated carbocycles. The molecule has 3 rings (SSSR count). The molecule has 7 nitrogen and oxygen atoms in total. The van der Waals surface area contributed by atoms with Crippen LogP contribution in [0.3, 0.4) is 0 Å². The molecular weight excluding hydrogens is 340 g/mol. The number of anilines is 5. The number of rotatable bonds is 5. The summed E-state index contributed by atoms with van der Waals surface area (Å²) in [6, 6.07) is 18.3. The first kappa shape index (κ1) is 18.2. The fourth-order valence-electron chi connectivity index (χ4n) is 2.42. The summed E-state index contributed by atoms with van der Waals surface area (Å²) >= 11 is 0. The third kappa shape index (κ3) is 5.18. The molecule has 2 aromatic carbocycles. The molecule has 138 valence electrons. The highest BCUT2D eigenvalue weighted by atomic mass is 16.2. The second-order valence-corrected chi connectivity index (χ2v) is 6.23. The van der Waals surface area contributed by atoms with Crippen molar-refractivity contribution in [2.45, 2.75) is 6.92 Å². The topological polar surface area (TPSA) is 82.2 Å². The Kier molecular flexibility index (Phi) is 5.51. The minimum absolute atomic E-state index is 0.292. The average molecular weight is 362 g/mol. The highest BCUT2D eigenvalue weighted by Crippen LogP contribution is 2.19. The number of urea groups is 1. The number of aromatic nitrogens is 2. The molecule has 0 spiro atoms. The maximum Gasteiger partial charge on any atom is 0.323 e. The van der Waals surface area contributed by atoms with Gasteiger partial charge in [-0.1, -0.05) is 18.2 Å². The summed E-state index contributed by atoms with van der Waals surface area (Å²) in [5, 5.41) is 8.76. The van der Waals surface area contributed by atoms with Gasteiger partial charge in [0.05, 0.1) is 0 Å². The number of carbonyl (C=O) groups excluding carboxylic acids is 1. The van der Waals surface area contributed by atoms with Crippen LogP contribution in [0.25, 0.3) is 0 Å². The molecule has 7 heteroatoms. The molecule has 0 atom stereocenters. The van der Waals surface area contributed by atoms with Crippen LogP contribution in [0.5, 0.6) is 0 Å². The molecule has 0 saturated heterocycles. The van der Waals surface area contributed by atoms with Gasteiger partial charge in [0.1, 0.15) is 5.82 Å². The monoisotopic (exact) mass is 362 g/mol. The minimum atomic E-state index is -0.292. The van der Waals surface area contributed by atoms with Gasteiger partial charge in [0, 0.05) is 42.9 Å². The molecule has 27 heavy (non-hydrogen) atoms. The number of nitrogens with zero attached hydrogens (tertiary/aromatic N) is 3. The molecule has 0 unspecified atom stereocenters. The summed E-state index contributed by atoms with van der Waals surface area (Å²) in [4.78, 5) is 22.8. The van der Waals surface area contributed by atoms with Crippen LogP contribution in [0.15, 0.2) is 60.7 Å². The first-order valence-electron chi connectivity index (χ1n) is 8.53. The van der Waals surface area contributed by atoms with Gasteiger partial charge in [-0.05, 0) is 43.3 Å². The predicted molar refractivity (Wildman–Crippen MR) is 110 cm³/mol. The molecule has 0 aliphatic heterocycles. The third-order valence-electron chi connectivity index (χ3n) is 3.73. The fourth-order valence-corrected chi connectivity index (χ4v) is 2.42. The number of para-hydroxylation sites is 1.